The van der Waals surface area contributed by atoms with Crippen molar-refractivity contribution in [2.75, 3.05) is 12.0 Å². The molecule has 1 spiro atoms. The summed E-state index contributed by atoms with van der Waals surface area (Å²) >= 11 is 0. The summed E-state index contributed by atoms with van der Waals surface area (Å²) in [5, 5.41) is 8.61. The van der Waals surface area contributed by atoms with E-state index >= 15 is 0 Å². The van der Waals surface area contributed by atoms with E-state index in [1.54, 1.807) is 49.2 Å². The zero-order valence-electron chi connectivity index (χ0n) is 19.0. The van der Waals surface area contributed by atoms with E-state index in [9.17, 15) is 14.4 Å². The van der Waals surface area contributed by atoms with Crippen LogP contribution in [0.25, 0.3) is 0 Å². The molecule has 8 heteroatoms. The molecule has 0 fully saturated rings. The van der Waals surface area contributed by atoms with Gasteiger partial charge in [0.15, 0.2) is 5.92 Å². The van der Waals surface area contributed by atoms with Crippen LogP contribution < -0.4 is 15.2 Å². The number of amides is 1. The first kappa shape index (κ1) is 21.6. The Labute approximate surface area is 195 Å². The van der Waals surface area contributed by atoms with Crippen LogP contribution in [0.2, 0.25) is 0 Å². The van der Waals surface area contributed by atoms with Gasteiger partial charge < -0.3 is 18.9 Å². The minimum absolute atomic E-state index is 0.0417. The Balaban J connectivity index is 1.86. The Kier molecular flexibility index (Phi) is 4.89. The number of nitrogens with zero attached hydrogens (tertiary/aromatic N) is 2. The van der Waals surface area contributed by atoms with Crippen molar-refractivity contribution in [2.45, 2.75) is 18.9 Å². The molecule has 34 heavy (non-hydrogen) atoms. The fraction of sp³-hybridized carbons (Fsp3) is 0.231. The molecule has 172 valence electrons. The Morgan fingerprint density at radius 2 is 1.79 bits per heavy atom. The number of ether oxygens (including phenoxy) is 2. The van der Waals surface area contributed by atoms with Gasteiger partial charge >= 0.3 is 5.97 Å². The molecule has 2 atom stereocenters. The Morgan fingerprint density at radius 1 is 1.12 bits per heavy atom. The molecule has 3 aromatic rings. The van der Waals surface area contributed by atoms with Gasteiger partial charge in [0.25, 0.3) is 5.56 Å². The van der Waals surface area contributed by atoms with E-state index in [2.05, 4.69) is 0 Å². The number of aromatic nitrogens is 1. The lowest BCUT2D eigenvalue weighted by Crippen LogP contribution is -2.58. The van der Waals surface area contributed by atoms with Gasteiger partial charge in [-0.3, -0.25) is 19.8 Å². The van der Waals surface area contributed by atoms with Crippen molar-refractivity contribution >= 4 is 23.5 Å². The summed E-state index contributed by atoms with van der Waals surface area (Å²) in [7, 11) is 2.80. The number of hydrogen-bond acceptors (Lipinski definition) is 6. The first-order chi connectivity index (χ1) is 16.3. The van der Waals surface area contributed by atoms with Crippen LogP contribution in [0.3, 0.4) is 0 Å². The number of rotatable bonds is 3. The van der Waals surface area contributed by atoms with Crippen molar-refractivity contribution in [3.63, 3.8) is 0 Å². The number of hydrogen-bond donors (Lipinski definition) is 1. The van der Waals surface area contributed by atoms with Crippen molar-refractivity contribution in [3.05, 3.63) is 93.4 Å². The SMILES string of the molecule is COC(=O)C1C(=N)Oc2cc(C)n(C)c(=O)c2C12C(=O)N(Cc1ccccc1)c1ccccc12. The van der Waals surface area contributed by atoms with Gasteiger partial charge in [-0.2, -0.15) is 0 Å². The zero-order chi connectivity index (χ0) is 24.2. The largest absolute Gasteiger partial charge is 0.468 e. The molecule has 3 heterocycles. The minimum Gasteiger partial charge on any atom is -0.468 e. The molecule has 1 N–H and O–H groups in total. The highest BCUT2D eigenvalue weighted by Crippen LogP contribution is 2.55. The fourth-order valence-electron chi connectivity index (χ4n) is 5.08. The summed E-state index contributed by atoms with van der Waals surface area (Å²) in [6, 6.07) is 18.2. The lowest BCUT2D eigenvalue weighted by Gasteiger charge is -2.39. The number of benzene rings is 2. The second kappa shape index (κ2) is 7.69. The quantitative estimate of drug-likeness (QED) is 0.610. The maximum absolute atomic E-state index is 14.4. The predicted octanol–water partition coefficient (Wildman–Crippen LogP) is 2.69. The standard InChI is InChI=1S/C26H23N3O5/c1-15-13-19-20(23(30)28(15)2)26(21(22(27)34-19)24(31)33-3)17-11-7-8-12-18(17)29(25(26)32)14-16-9-5-4-6-10-16/h4-13,21,27H,14H2,1-3H3. The average molecular weight is 457 g/mol. The van der Waals surface area contributed by atoms with Crippen LogP contribution in [-0.2, 0) is 33.3 Å². The van der Waals surface area contributed by atoms with Gasteiger partial charge in [-0.1, -0.05) is 48.5 Å². The second-order valence-corrected chi connectivity index (χ2v) is 8.51. The zero-order valence-corrected chi connectivity index (χ0v) is 19.0. The molecular weight excluding hydrogens is 434 g/mol. The maximum atomic E-state index is 14.4. The van der Waals surface area contributed by atoms with E-state index in [-0.39, 0.29) is 17.9 Å². The topological polar surface area (TPSA) is 102 Å². The fourth-order valence-corrected chi connectivity index (χ4v) is 5.08. The first-order valence-electron chi connectivity index (χ1n) is 10.8. The molecule has 2 aromatic carbocycles. The normalized spacial score (nSPS) is 20.7. The van der Waals surface area contributed by atoms with Gasteiger partial charge in [0.05, 0.1) is 19.2 Å². The molecule has 5 rings (SSSR count). The first-order valence-corrected chi connectivity index (χ1v) is 10.8. The van der Waals surface area contributed by atoms with Gasteiger partial charge in [-0.05, 0) is 24.1 Å². The van der Waals surface area contributed by atoms with E-state index in [1.807, 2.05) is 30.3 Å². The number of nitrogens with one attached hydrogen (secondary N) is 1. The van der Waals surface area contributed by atoms with Crippen LogP contribution in [0.4, 0.5) is 5.69 Å². The number of fused-ring (bicyclic) bond motifs is 4. The van der Waals surface area contributed by atoms with Gasteiger partial charge in [0.1, 0.15) is 11.2 Å². The molecule has 8 nitrogen and oxygen atoms in total. The van der Waals surface area contributed by atoms with E-state index in [0.29, 0.717) is 16.9 Å². The third-order valence-corrected chi connectivity index (χ3v) is 6.77. The number of methoxy groups -OCH3 is 1. The van der Waals surface area contributed by atoms with E-state index in [1.165, 1.54) is 11.7 Å². The van der Waals surface area contributed by atoms with E-state index < -0.39 is 34.7 Å². The second-order valence-electron chi connectivity index (χ2n) is 8.51. The Bertz CT molecular complexity index is 1410. The molecule has 1 aromatic heterocycles. The van der Waals surface area contributed by atoms with Gasteiger partial charge in [-0.25, -0.2) is 0 Å². The molecule has 2 unspecified atom stereocenters. The summed E-state index contributed by atoms with van der Waals surface area (Å²) < 4.78 is 12.1. The number of para-hydroxylation sites is 1. The summed E-state index contributed by atoms with van der Waals surface area (Å²) in [5.41, 5.74) is 0.335. The van der Waals surface area contributed by atoms with Crippen LogP contribution in [0.5, 0.6) is 5.75 Å². The summed E-state index contributed by atoms with van der Waals surface area (Å²) in [6.07, 6.45) is 0. The summed E-state index contributed by atoms with van der Waals surface area (Å²) in [6.45, 7) is 1.97. The smallest absolute Gasteiger partial charge is 0.319 e. The monoisotopic (exact) mass is 457 g/mol. The molecule has 1 amide bonds. The van der Waals surface area contributed by atoms with Gasteiger partial charge in [0.2, 0.25) is 11.8 Å². The van der Waals surface area contributed by atoms with Crippen LogP contribution in [0.15, 0.2) is 65.5 Å². The highest BCUT2D eigenvalue weighted by Gasteiger charge is 2.65. The molecule has 0 aliphatic carbocycles. The lowest BCUT2D eigenvalue weighted by atomic mass is 9.64. The molecule has 2 aliphatic heterocycles. The predicted molar refractivity (Wildman–Crippen MR) is 125 cm³/mol. The highest BCUT2D eigenvalue weighted by molar-refractivity contribution is 6.18. The number of aryl methyl sites for hydroxylation is 1. The summed E-state index contributed by atoms with van der Waals surface area (Å²) in [4.78, 5) is 42.8. The van der Waals surface area contributed by atoms with Gasteiger partial charge in [0, 0.05) is 24.5 Å². The van der Waals surface area contributed by atoms with E-state index in [4.69, 9.17) is 14.9 Å². The molecular formula is C26H23N3O5. The van der Waals surface area contributed by atoms with Crippen molar-refractivity contribution in [1.82, 2.24) is 4.57 Å². The third-order valence-electron chi connectivity index (χ3n) is 6.77. The number of carbonyl (C=O) groups is 2. The Morgan fingerprint density at radius 3 is 2.50 bits per heavy atom. The van der Waals surface area contributed by atoms with Crippen LogP contribution in [0.1, 0.15) is 22.4 Å². The maximum Gasteiger partial charge on any atom is 0.319 e. The van der Waals surface area contributed by atoms with Gasteiger partial charge in [-0.15, -0.1) is 0 Å². The van der Waals surface area contributed by atoms with E-state index in [0.717, 1.165) is 5.56 Å². The number of carbonyl (C=O) groups excluding carboxylic acids is 2. The Hall–Kier alpha value is -4.20. The molecule has 0 radical (unpaired) electrons. The number of esters is 1. The van der Waals surface area contributed by atoms with Crippen molar-refractivity contribution in [1.29, 1.82) is 5.41 Å². The molecule has 0 saturated heterocycles. The highest BCUT2D eigenvalue weighted by atomic mass is 16.5. The molecule has 2 aliphatic rings. The minimum atomic E-state index is -1.79. The van der Waals surface area contributed by atoms with Crippen LogP contribution in [0, 0.1) is 18.3 Å². The van der Waals surface area contributed by atoms with Crippen LogP contribution in [-0.4, -0.2) is 29.5 Å². The number of anilines is 1. The van der Waals surface area contributed by atoms with Crippen LogP contribution >= 0.6 is 0 Å². The summed E-state index contributed by atoms with van der Waals surface area (Å²) in [5.74, 6) is -3.06. The van der Waals surface area contributed by atoms with Crippen molar-refractivity contribution in [3.8, 4) is 5.75 Å². The molecule has 0 bridgehead atoms. The van der Waals surface area contributed by atoms with Crippen molar-refractivity contribution in [2.24, 2.45) is 13.0 Å². The number of pyridine rings is 1. The van der Waals surface area contributed by atoms with Crippen molar-refractivity contribution < 1.29 is 19.1 Å². The third kappa shape index (κ3) is 2.78. The lowest BCUT2D eigenvalue weighted by molar-refractivity contribution is -0.147. The molecule has 0 saturated carbocycles. The average Bonchev–Trinajstić information content (AvgIpc) is 3.06.